The number of likely N-dealkylation sites (tertiary alicyclic amines) is 1. The van der Waals surface area contributed by atoms with E-state index in [9.17, 15) is 22.4 Å². The van der Waals surface area contributed by atoms with Gasteiger partial charge >= 0.3 is 0 Å². The zero-order valence-electron chi connectivity index (χ0n) is 18.5. The summed E-state index contributed by atoms with van der Waals surface area (Å²) >= 11 is 0. The fourth-order valence-electron chi connectivity index (χ4n) is 3.88. The van der Waals surface area contributed by atoms with Crippen LogP contribution in [0.25, 0.3) is 0 Å². The molecule has 2 aromatic rings. The van der Waals surface area contributed by atoms with Gasteiger partial charge in [0.15, 0.2) is 9.84 Å². The van der Waals surface area contributed by atoms with Gasteiger partial charge in [-0.05, 0) is 61.6 Å². The predicted octanol–water partition coefficient (Wildman–Crippen LogP) is 3.41. The van der Waals surface area contributed by atoms with Crippen LogP contribution in [-0.4, -0.2) is 55.4 Å². The molecule has 0 radical (unpaired) electrons. The summed E-state index contributed by atoms with van der Waals surface area (Å²) in [7, 11) is -2.32. The number of sulfone groups is 1. The van der Waals surface area contributed by atoms with Gasteiger partial charge in [0.25, 0.3) is 5.91 Å². The van der Waals surface area contributed by atoms with Crippen molar-refractivity contribution in [2.45, 2.75) is 43.7 Å². The molecular formula is C24H29FN2O4S. The molecule has 1 saturated heterocycles. The lowest BCUT2D eigenvalue weighted by Gasteiger charge is -2.27. The Balaban J connectivity index is 1.68. The Morgan fingerprint density at radius 1 is 1.03 bits per heavy atom. The first-order valence-corrected chi connectivity index (χ1v) is 12.5. The second kappa shape index (κ2) is 10.3. The zero-order chi connectivity index (χ0) is 23.3. The highest BCUT2D eigenvalue weighted by Gasteiger charge is 2.31. The number of amides is 2. The molecule has 1 aliphatic rings. The standard InChI is InChI=1S/C24H29FN2O4S/c1-18(23(28)26(2)16-19-8-7-11-22(25)15-19)32(30,31)17-20-9-6-10-21(14-20)24(29)27-12-4-3-5-13-27/h6-11,14-15,18H,3-5,12-13,16-17H2,1-2H3. The van der Waals surface area contributed by atoms with Crippen molar-refractivity contribution in [3.63, 3.8) is 0 Å². The van der Waals surface area contributed by atoms with Gasteiger partial charge in [-0.1, -0.05) is 24.3 Å². The molecule has 8 heteroatoms. The van der Waals surface area contributed by atoms with Gasteiger partial charge in [-0.15, -0.1) is 0 Å². The third-order valence-electron chi connectivity index (χ3n) is 5.76. The number of benzene rings is 2. The van der Waals surface area contributed by atoms with E-state index in [-0.39, 0.29) is 18.2 Å². The van der Waals surface area contributed by atoms with Gasteiger partial charge in [0, 0.05) is 32.2 Å². The minimum absolute atomic E-state index is 0.0945. The van der Waals surface area contributed by atoms with E-state index in [0.29, 0.717) is 29.8 Å². The van der Waals surface area contributed by atoms with Crippen LogP contribution >= 0.6 is 0 Å². The fraction of sp³-hybridized carbons (Fsp3) is 0.417. The van der Waals surface area contributed by atoms with Gasteiger partial charge in [0.2, 0.25) is 5.91 Å². The van der Waals surface area contributed by atoms with Gasteiger partial charge in [-0.2, -0.15) is 0 Å². The second-order valence-corrected chi connectivity index (χ2v) is 10.6. The highest BCUT2D eigenvalue weighted by molar-refractivity contribution is 7.92. The van der Waals surface area contributed by atoms with Crippen LogP contribution in [0.5, 0.6) is 0 Å². The van der Waals surface area contributed by atoms with Crippen LogP contribution in [0, 0.1) is 5.82 Å². The maximum absolute atomic E-state index is 13.4. The van der Waals surface area contributed by atoms with E-state index in [2.05, 4.69) is 0 Å². The molecule has 32 heavy (non-hydrogen) atoms. The summed E-state index contributed by atoms with van der Waals surface area (Å²) in [5.74, 6) is -1.41. The summed E-state index contributed by atoms with van der Waals surface area (Å²) in [6.45, 7) is 2.90. The van der Waals surface area contributed by atoms with Gasteiger partial charge < -0.3 is 9.80 Å². The van der Waals surface area contributed by atoms with E-state index in [0.717, 1.165) is 19.3 Å². The molecule has 1 unspecified atom stereocenters. The van der Waals surface area contributed by atoms with Crippen LogP contribution in [0.15, 0.2) is 48.5 Å². The Morgan fingerprint density at radius 2 is 1.69 bits per heavy atom. The molecule has 0 N–H and O–H groups in total. The van der Waals surface area contributed by atoms with E-state index in [1.54, 1.807) is 41.3 Å². The topological polar surface area (TPSA) is 74.8 Å². The summed E-state index contributed by atoms with van der Waals surface area (Å²) in [6, 6.07) is 12.5. The maximum Gasteiger partial charge on any atom is 0.253 e. The van der Waals surface area contributed by atoms with E-state index < -0.39 is 26.8 Å². The van der Waals surface area contributed by atoms with Crippen molar-refractivity contribution in [2.24, 2.45) is 0 Å². The Hall–Kier alpha value is -2.74. The Labute approximate surface area is 188 Å². The minimum Gasteiger partial charge on any atom is -0.340 e. The molecule has 0 bridgehead atoms. The molecule has 172 valence electrons. The smallest absolute Gasteiger partial charge is 0.253 e. The van der Waals surface area contributed by atoms with Crippen molar-refractivity contribution >= 4 is 21.7 Å². The number of halogens is 1. The molecule has 2 aromatic carbocycles. The van der Waals surface area contributed by atoms with Crippen LogP contribution in [0.4, 0.5) is 4.39 Å². The third kappa shape index (κ3) is 5.94. The minimum atomic E-state index is -3.82. The molecule has 3 rings (SSSR count). The third-order valence-corrected chi connectivity index (χ3v) is 7.77. The first-order chi connectivity index (χ1) is 15.2. The Morgan fingerprint density at radius 3 is 2.38 bits per heavy atom. The monoisotopic (exact) mass is 460 g/mol. The first-order valence-electron chi connectivity index (χ1n) is 10.8. The van der Waals surface area contributed by atoms with E-state index in [4.69, 9.17) is 0 Å². The quantitative estimate of drug-likeness (QED) is 0.635. The molecule has 6 nitrogen and oxygen atoms in total. The molecule has 0 aromatic heterocycles. The molecule has 1 heterocycles. The van der Waals surface area contributed by atoms with Crippen molar-refractivity contribution < 1.29 is 22.4 Å². The lowest BCUT2D eigenvalue weighted by Crippen LogP contribution is -2.39. The number of carbonyl (C=O) groups excluding carboxylic acids is 2. The lowest BCUT2D eigenvalue weighted by molar-refractivity contribution is -0.129. The molecule has 2 amide bonds. The Kier molecular flexibility index (Phi) is 7.66. The molecule has 0 spiro atoms. The van der Waals surface area contributed by atoms with Crippen LogP contribution < -0.4 is 0 Å². The summed E-state index contributed by atoms with van der Waals surface area (Å²) in [6.07, 6.45) is 3.06. The van der Waals surface area contributed by atoms with Gasteiger partial charge in [0.05, 0.1) is 5.75 Å². The molecular weight excluding hydrogens is 431 g/mol. The van der Waals surface area contributed by atoms with Gasteiger partial charge in [0.1, 0.15) is 11.1 Å². The number of rotatable bonds is 7. The molecule has 1 aliphatic heterocycles. The van der Waals surface area contributed by atoms with Crippen molar-refractivity contribution in [1.82, 2.24) is 9.80 Å². The number of hydrogen-bond acceptors (Lipinski definition) is 4. The number of hydrogen-bond donors (Lipinski definition) is 0. The van der Waals surface area contributed by atoms with E-state index >= 15 is 0 Å². The van der Waals surface area contributed by atoms with Crippen molar-refractivity contribution in [1.29, 1.82) is 0 Å². The SMILES string of the molecule is CC(C(=O)N(C)Cc1cccc(F)c1)S(=O)(=O)Cc1cccc(C(=O)N2CCCCC2)c1. The summed E-state index contributed by atoms with van der Waals surface area (Å²) in [5.41, 5.74) is 1.51. The highest BCUT2D eigenvalue weighted by atomic mass is 32.2. The lowest BCUT2D eigenvalue weighted by atomic mass is 10.1. The maximum atomic E-state index is 13.4. The highest BCUT2D eigenvalue weighted by Crippen LogP contribution is 2.18. The summed E-state index contributed by atoms with van der Waals surface area (Å²) in [5, 5.41) is -1.26. The van der Waals surface area contributed by atoms with Crippen LogP contribution in [0.2, 0.25) is 0 Å². The number of carbonyl (C=O) groups is 2. The molecule has 1 atom stereocenters. The second-order valence-electron chi connectivity index (χ2n) is 8.33. The first kappa shape index (κ1) is 23.9. The van der Waals surface area contributed by atoms with Crippen LogP contribution in [0.3, 0.4) is 0 Å². The summed E-state index contributed by atoms with van der Waals surface area (Å²) in [4.78, 5) is 28.6. The number of piperidine rings is 1. The van der Waals surface area contributed by atoms with Crippen LogP contribution in [-0.2, 0) is 26.9 Å². The van der Waals surface area contributed by atoms with E-state index in [1.165, 1.54) is 31.0 Å². The van der Waals surface area contributed by atoms with E-state index in [1.807, 2.05) is 0 Å². The van der Waals surface area contributed by atoms with Gasteiger partial charge in [-0.25, -0.2) is 12.8 Å². The largest absolute Gasteiger partial charge is 0.340 e. The Bertz CT molecular complexity index is 1080. The predicted molar refractivity (Wildman–Crippen MR) is 121 cm³/mol. The average molecular weight is 461 g/mol. The van der Waals surface area contributed by atoms with Crippen molar-refractivity contribution in [3.05, 3.63) is 71.0 Å². The van der Waals surface area contributed by atoms with Gasteiger partial charge in [-0.3, -0.25) is 9.59 Å². The normalized spacial score (nSPS) is 15.3. The molecule has 0 aliphatic carbocycles. The molecule has 0 saturated carbocycles. The fourth-order valence-corrected chi connectivity index (χ4v) is 5.26. The van der Waals surface area contributed by atoms with Crippen LogP contribution in [0.1, 0.15) is 47.7 Å². The van der Waals surface area contributed by atoms with Crippen molar-refractivity contribution in [3.8, 4) is 0 Å². The molecule has 1 fully saturated rings. The zero-order valence-corrected chi connectivity index (χ0v) is 19.3. The average Bonchev–Trinajstić information content (AvgIpc) is 2.78. The van der Waals surface area contributed by atoms with Crippen molar-refractivity contribution in [2.75, 3.05) is 20.1 Å². The number of nitrogens with zero attached hydrogens (tertiary/aromatic N) is 2. The summed E-state index contributed by atoms with van der Waals surface area (Å²) < 4.78 is 39.3.